The van der Waals surface area contributed by atoms with Crippen LogP contribution in [0.3, 0.4) is 0 Å². The highest BCUT2D eigenvalue weighted by atomic mass is 35.5. The molecule has 10 heteroatoms. The van der Waals surface area contributed by atoms with Gasteiger partial charge in [0.2, 0.25) is 6.79 Å². The fourth-order valence-electron chi connectivity index (χ4n) is 3.36. The van der Waals surface area contributed by atoms with E-state index in [9.17, 15) is 9.59 Å². The van der Waals surface area contributed by atoms with Crippen molar-refractivity contribution >= 4 is 40.3 Å². The van der Waals surface area contributed by atoms with Gasteiger partial charge in [0.1, 0.15) is 6.61 Å². The summed E-state index contributed by atoms with van der Waals surface area (Å²) in [5.41, 5.74) is 0.586. The minimum atomic E-state index is -0.657. The number of ether oxygens (including phenoxy) is 3. The third-order valence-electron chi connectivity index (χ3n) is 4.95. The minimum absolute atomic E-state index is 0.192. The lowest BCUT2D eigenvalue weighted by Crippen LogP contribution is -2.32. The molecule has 1 N–H and O–H groups in total. The maximum Gasteiger partial charge on any atom is 0.349 e. The number of fused-ring (bicyclic) bond motifs is 2. The summed E-state index contributed by atoms with van der Waals surface area (Å²) in [4.78, 5) is 27.5. The van der Waals surface area contributed by atoms with Crippen molar-refractivity contribution in [1.82, 2.24) is 9.66 Å². The van der Waals surface area contributed by atoms with Gasteiger partial charge in [-0.05, 0) is 47.5 Å². The maximum atomic E-state index is 12.6. The number of rotatable bonds is 5. The zero-order valence-corrected chi connectivity index (χ0v) is 18.4. The van der Waals surface area contributed by atoms with Crippen LogP contribution in [0.4, 0.5) is 0 Å². The zero-order valence-electron chi connectivity index (χ0n) is 16.9. The summed E-state index contributed by atoms with van der Waals surface area (Å²) in [6.07, 6.45) is 1.32. The molecule has 1 aliphatic rings. The fourth-order valence-corrected chi connectivity index (χ4v) is 3.97. The van der Waals surface area contributed by atoms with Crippen LogP contribution in [0.2, 0.25) is 10.0 Å². The van der Waals surface area contributed by atoms with Crippen LogP contribution in [0.25, 0.3) is 10.9 Å². The van der Waals surface area contributed by atoms with Crippen LogP contribution in [0.1, 0.15) is 11.1 Å². The van der Waals surface area contributed by atoms with E-state index in [-0.39, 0.29) is 23.4 Å². The normalized spacial score (nSPS) is 12.5. The lowest BCUT2D eigenvalue weighted by Gasteiger charge is -2.11. The molecule has 0 aliphatic carbocycles. The summed E-state index contributed by atoms with van der Waals surface area (Å²) < 4.78 is 17.2. The Balaban J connectivity index is 1.38. The van der Waals surface area contributed by atoms with E-state index in [1.807, 2.05) is 12.1 Å². The number of hydrogen-bond donors (Lipinski definition) is 1. The molecule has 8 nitrogen and oxygen atoms in total. The smallest absolute Gasteiger partial charge is 0.349 e. The van der Waals surface area contributed by atoms with E-state index in [0.717, 1.165) is 10.2 Å². The number of halogens is 2. The number of nitrogens with one attached hydrogen (secondary N) is 1. The molecular formula is C23H15Cl2N3O5. The molecule has 0 bridgehead atoms. The highest BCUT2D eigenvalue weighted by Gasteiger charge is 2.15. The Morgan fingerprint density at radius 3 is 2.61 bits per heavy atom. The van der Waals surface area contributed by atoms with Crippen LogP contribution in [0, 0.1) is 0 Å². The average Bonchev–Trinajstić information content (AvgIpc) is 3.26. The van der Waals surface area contributed by atoms with Gasteiger partial charge in [0.25, 0.3) is 5.56 Å². The molecule has 0 amide bonds. The second kappa shape index (κ2) is 8.65. The molecule has 0 spiro atoms. The topological polar surface area (TPSA) is 94.9 Å². The van der Waals surface area contributed by atoms with Crippen molar-refractivity contribution in [1.29, 1.82) is 0 Å². The Kier molecular flexibility index (Phi) is 5.53. The molecule has 4 aromatic rings. The van der Waals surface area contributed by atoms with Crippen molar-refractivity contribution < 1.29 is 14.2 Å². The average molecular weight is 484 g/mol. The quantitative estimate of drug-likeness (QED) is 0.429. The number of hydrogen-bond acceptors (Lipinski definition) is 6. The Bertz CT molecular complexity index is 1500. The van der Waals surface area contributed by atoms with Crippen molar-refractivity contribution in [2.75, 3.05) is 6.79 Å². The second-order valence-corrected chi connectivity index (χ2v) is 7.94. The van der Waals surface area contributed by atoms with E-state index < -0.39 is 11.2 Å². The monoisotopic (exact) mass is 483 g/mol. The maximum absolute atomic E-state index is 12.6. The van der Waals surface area contributed by atoms with Gasteiger partial charge in [-0.3, -0.25) is 4.79 Å². The first-order valence-electron chi connectivity index (χ1n) is 9.78. The first-order valence-corrected chi connectivity index (χ1v) is 10.5. The molecule has 0 saturated heterocycles. The molecule has 0 fully saturated rings. The molecule has 0 radical (unpaired) electrons. The summed E-state index contributed by atoms with van der Waals surface area (Å²) in [7, 11) is 0. The van der Waals surface area contributed by atoms with Crippen molar-refractivity contribution in [3.05, 3.63) is 96.6 Å². The van der Waals surface area contributed by atoms with Crippen LogP contribution in [-0.4, -0.2) is 22.7 Å². The summed E-state index contributed by atoms with van der Waals surface area (Å²) in [6.45, 7) is 0.406. The summed E-state index contributed by atoms with van der Waals surface area (Å²) in [6, 6.07) is 15.3. The van der Waals surface area contributed by atoms with Crippen LogP contribution < -0.4 is 25.5 Å². The molecule has 1 aliphatic heterocycles. The number of H-pyrrole nitrogens is 1. The molecule has 5 rings (SSSR count). The third kappa shape index (κ3) is 4.18. The molecule has 1 aromatic heterocycles. The first-order chi connectivity index (χ1) is 16.0. The number of nitrogens with zero attached hydrogens (tertiary/aromatic N) is 2. The van der Waals surface area contributed by atoms with E-state index in [1.54, 1.807) is 42.5 Å². The molecular weight excluding hydrogens is 469 g/mol. The summed E-state index contributed by atoms with van der Waals surface area (Å²) in [5.74, 6) is 1.63. The molecule has 33 heavy (non-hydrogen) atoms. The zero-order chi connectivity index (χ0) is 22.9. The van der Waals surface area contributed by atoms with Crippen molar-refractivity contribution in [3.8, 4) is 17.2 Å². The predicted molar refractivity (Wildman–Crippen MR) is 125 cm³/mol. The number of benzene rings is 3. The van der Waals surface area contributed by atoms with Crippen LogP contribution in [0.5, 0.6) is 17.2 Å². The summed E-state index contributed by atoms with van der Waals surface area (Å²) in [5, 5.41) is 4.87. The molecule has 2 heterocycles. The molecule has 166 valence electrons. The Morgan fingerprint density at radius 2 is 1.79 bits per heavy atom. The van der Waals surface area contributed by atoms with Crippen molar-refractivity contribution in [2.24, 2.45) is 5.10 Å². The van der Waals surface area contributed by atoms with Gasteiger partial charge in [-0.25, -0.2) is 4.79 Å². The van der Waals surface area contributed by atoms with Gasteiger partial charge in [0.05, 0.1) is 27.2 Å². The van der Waals surface area contributed by atoms with E-state index in [2.05, 4.69) is 10.1 Å². The van der Waals surface area contributed by atoms with Gasteiger partial charge in [-0.15, -0.1) is 4.68 Å². The fraction of sp³-hybridized carbons (Fsp3) is 0.0870. The standard InChI is InChI=1S/C23H15Cl2N3O5/c24-16-7-14(10-26-28-22(29)15-3-1-2-4-18(15)27-23(28)30)8-17(25)21(16)31-11-13-5-6-19-20(9-13)33-12-32-19/h1-10H,11-12H2,(H,27,30). The second-order valence-electron chi connectivity index (χ2n) is 7.13. The van der Waals surface area contributed by atoms with Crippen LogP contribution in [0.15, 0.2) is 69.3 Å². The highest BCUT2D eigenvalue weighted by molar-refractivity contribution is 6.37. The van der Waals surface area contributed by atoms with Gasteiger partial charge in [0, 0.05) is 0 Å². The van der Waals surface area contributed by atoms with Gasteiger partial charge >= 0.3 is 5.69 Å². The van der Waals surface area contributed by atoms with Gasteiger partial charge in [0.15, 0.2) is 17.2 Å². The number of para-hydroxylation sites is 1. The lowest BCUT2D eigenvalue weighted by molar-refractivity contribution is 0.174. The van der Waals surface area contributed by atoms with E-state index in [4.69, 9.17) is 37.4 Å². The van der Waals surface area contributed by atoms with Crippen molar-refractivity contribution in [3.63, 3.8) is 0 Å². The number of aromatic nitrogens is 2. The largest absolute Gasteiger partial charge is 0.486 e. The molecule has 3 aromatic carbocycles. The lowest BCUT2D eigenvalue weighted by atomic mass is 10.2. The predicted octanol–water partition coefficient (Wildman–Crippen LogP) is 4.19. The van der Waals surface area contributed by atoms with Crippen LogP contribution >= 0.6 is 23.2 Å². The van der Waals surface area contributed by atoms with Gasteiger partial charge in [-0.1, -0.05) is 41.4 Å². The van der Waals surface area contributed by atoms with Crippen LogP contribution in [-0.2, 0) is 6.61 Å². The van der Waals surface area contributed by atoms with E-state index in [0.29, 0.717) is 33.7 Å². The van der Waals surface area contributed by atoms with E-state index in [1.165, 1.54) is 6.21 Å². The minimum Gasteiger partial charge on any atom is -0.486 e. The third-order valence-corrected chi connectivity index (χ3v) is 5.51. The SMILES string of the molecule is O=c1[nH]c2ccccc2c(=O)n1N=Cc1cc(Cl)c(OCc2ccc3c(c2)OCO3)c(Cl)c1. The van der Waals surface area contributed by atoms with Gasteiger partial charge in [-0.2, -0.15) is 5.10 Å². The molecule has 0 atom stereocenters. The van der Waals surface area contributed by atoms with E-state index >= 15 is 0 Å². The molecule has 0 saturated carbocycles. The summed E-state index contributed by atoms with van der Waals surface area (Å²) >= 11 is 12.7. The Labute approximate surface area is 196 Å². The first kappa shape index (κ1) is 21.1. The van der Waals surface area contributed by atoms with Crippen molar-refractivity contribution in [2.45, 2.75) is 6.61 Å². The Hall–Kier alpha value is -3.75. The highest BCUT2D eigenvalue weighted by Crippen LogP contribution is 2.36. The number of aromatic amines is 1. The van der Waals surface area contributed by atoms with Gasteiger partial charge < -0.3 is 19.2 Å². The Morgan fingerprint density at radius 1 is 1.03 bits per heavy atom. The molecule has 0 unspecified atom stereocenters.